The van der Waals surface area contributed by atoms with E-state index in [1.54, 1.807) is 0 Å². The third kappa shape index (κ3) is 3.77. The highest BCUT2D eigenvalue weighted by Gasteiger charge is 2.59. The van der Waals surface area contributed by atoms with Crippen LogP contribution < -0.4 is 0 Å². The zero-order chi connectivity index (χ0) is 23.9. The number of fused-ring (bicyclic) bond motifs is 1. The second-order valence-corrected chi connectivity index (χ2v) is 12.8. The van der Waals surface area contributed by atoms with Gasteiger partial charge in [-0.25, -0.2) is 8.42 Å². The van der Waals surface area contributed by atoms with Crippen molar-refractivity contribution >= 4 is 9.84 Å². The summed E-state index contributed by atoms with van der Waals surface area (Å²) in [5, 5.41) is 4.61. The molecule has 34 heavy (non-hydrogen) atoms. The van der Waals surface area contributed by atoms with E-state index >= 15 is 0 Å². The lowest BCUT2D eigenvalue weighted by atomic mass is 9.80. The van der Waals surface area contributed by atoms with Crippen LogP contribution in [0.3, 0.4) is 0 Å². The fourth-order valence-electron chi connectivity index (χ4n) is 6.92. The van der Waals surface area contributed by atoms with E-state index in [2.05, 4.69) is 15.0 Å². The Bertz CT molecular complexity index is 1190. The summed E-state index contributed by atoms with van der Waals surface area (Å²) in [7, 11) is -2.79. The Kier molecular flexibility index (Phi) is 4.99. The van der Waals surface area contributed by atoms with Crippen LogP contribution in [0.15, 0.2) is 24.5 Å². The van der Waals surface area contributed by atoms with E-state index in [0.29, 0.717) is 53.1 Å². The summed E-state index contributed by atoms with van der Waals surface area (Å²) < 4.78 is 64.6. The van der Waals surface area contributed by atoms with Crippen LogP contribution in [-0.2, 0) is 22.6 Å². The number of hydrogen-bond acceptors (Lipinski definition) is 5. The second kappa shape index (κ2) is 7.53. The molecule has 0 radical (unpaired) electrons. The maximum Gasteiger partial charge on any atom is 0.417 e. The van der Waals surface area contributed by atoms with Gasteiger partial charge in [-0.05, 0) is 69.7 Å². The molecule has 2 aliphatic carbocycles. The lowest BCUT2D eigenvalue weighted by Gasteiger charge is -2.48. The highest BCUT2D eigenvalue weighted by atomic mass is 32.2. The highest BCUT2D eigenvalue weighted by molar-refractivity contribution is 7.92. The lowest BCUT2D eigenvalue weighted by Crippen LogP contribution is -2.55. The summed E-state index contributed by atoms with van der Waals surface area (Å²) in [6.07, 6.45) is 2.10. The Hall–Kier alpha value is -1.94. The minimum atomic E-state index is -4.43. The summed E-state index contributed by atoms with van der Waals surface area (Å²) in [5.41, 5.74) is 1.36. The van der Waals surface area contributed by atoms with Crippen molar-refractivity contribution in [1.82, 2.24) is 19.7 Å². The van der Waals surface area contributed by atoms with Gasteiger partial charge < -0.3 is 4.90 Å². The number of sulfone groups is 1. The number of rotatable bonds is 4. The first-order valence-electron chi connectivity index (χ1n) is 12.1. The predicted molar refractivity (Wildman–Crippen MR) is 121 cm³/mol. The van der Waals surface area contributed by atoms with Gasteiger partial charge in [-0.3, -0.25) is 9.67 Å². The fourth-order valence-corrected chi connectivity index (χ4v) is 9.28. The first-order chi connectivity index (χ1) is 16.1. The number of nitrogens with zero attached hydrogens (tertiary/aromatic N) is 4. The molecule has 0 N–H and O–H groups in total. The number of piperidine rings is 1. The molecule has 184 valence electrons. The van der Waals surface area contributed by atoms with Crippen molar-refractivity contribution in [3.05, 3.63) is 35.8 Å². The molecule has 2 saturated carbocycles. The van der Waals surface area contributed by atoms with Crippen LogP contribution in [0.25, 0.3) is 11.3 Å². The number of halogens is 3. The minimum absolute atomic E-state index is 0.0433. The SMILES string of the molecule is CCn1nc(-c2cncc(C(F)(F)F)c2)cc1C1[C@H]2CC(N3CCC4(CC3)CS(=O)(=O)C4)C[C@@H]12. The van der Waals surface area contributed by atoms with Gasteiger partial charge in [0.1, 0.15) is 0 Å². The summed E-state index contributed by atoms with van der Waals surface area (Å²) >= 11 is 0. The number of hydrogen-bond donors (Lipinski definition) is 0. The molecule has 2 unspecified atom stereocenters. The van der Waals surface area contributed by atoms with Crippen molar-refractivity contribution in [3.63, 3.8) is 0 Å². The first kappa shape index (κ1) is 22.5. The van der Waals surface area contributed by atoms with Crippen LogP contribution >= 0.6 is 0 Å². The third-order valence-electron chi connectivity index (χ3n) is 8.66. The van der Waals surface area contributed by atoms with Gasteiger partial charge in [0.05, 0.1) is 22.8 Å². The van der Waals surface area contributed by atoms with E-state index in [0.717, 1.165) is 56.7 Å². The van der Waals surface area contributed by atoms with Gasteiger partial charge >= 0.3 is 6.18 Å². The third-order valence-corrected chi connectivity index (χ3v) is 10.8. The van der Waals surface area contributed by atoms with Crippen LogP contribution in [-0.4, -0.2) is 58.7 Å². The quantitative estimate of drug-likeness (QED) is 0.643. The number of alkyl halides is 3. The molecule has 4 fully saturated rings. The molecule has 4 aliphatic rings. The van der Waals surface area contributed by atoms with Crippen molar-refractivity contribution in [2.24, 2.45) is 17.3 Å². The molecule has 0 amide bonds. The zero-order valence-corrected chi connectivity index (χ0v) is 19.9. The first-order valence-corrected chi connectivity index (χ1v) is 13.9. The van der Waals surface area contributed by atoms with Crippen LogP contribution in [0.4, 0.5) is 13.2 Å². The van der Waals surface area contributed by atoms with Gasteiger partial charge in [0.2, 0.25) is 0 Å². The average molecular weight is 495 g/mol. The van der Waals surface area contributed by atoms with Crippen LogP contribution in [0.1, 0.15) is 49.8 Å². The Morgan fingerprint density at radius 1 is 1.09 bits per heavy atom. The van der Waals surface area contributed by atoms with E-state index < -0.39 is 21.6 Å². The van der Waals surface area contributed by atoms with Gasteiger partial charge in [0.25, 0.3) is 0 Å². The molecular formula is C24H29F3N4O2S. The zero-order valence-electron chi connectivity index (χ0n) is 19.1. The summed E-state index contributed by atoms with van der Waals surface area (Å²) in [6, 6.07) is 3.64. The lowest BCUT2D eigenvalue weighted by molar-refractivity contribution is -0.137. The molecule has 2 aromatic rings. The molecular weight excluding hydrogens is 465 g/mol. The molecule has 10 heteroatoms. The Balaban J connectivity index is 1.12. The summed E-state index contributed by atoms with van der Waals surface area (Å²) in [6.45, 7) is 4.67. The number of likely N-dealkylation sites (tertiary alicyclic amines) is 1. The molecule has 0 aromatic carbocycles. The van der Waals surface area contributed by atoms with Crippen LogP contribution in [0.2, 0.25) is 0 Å². The van der Waals surface area contributed by atoms with Crippen LogP contribution in [0, 0.1) is 17.3 Å². The van der Waals surface area contributed by atoms with Crippen molar-refractivity contribution in [1.29, 1.82) is 0 Å². The number of aromatic nitrogens is 3. The van der Waals surface area contributed by atoms with Crippen molar-refractivity contribution in [2.45, 2.75) is 57.3 Å². The number of aryl methyl sites for hydroxylation is 1. The molecule has 2 aromatic heterocycles. The van der Waals surface area contributed by atoms with E-state index in [4.69, 9.17) is 0 Å². The fraction of sp³-hybridized carbons (Fsp3) is 0.667. The maximum atomic E-state index is 13.1. The standard InChI is InChI=1S/C24H29F3N4O2S/c1-2-31-21(10-20(29-31)15-7-16(12-28-11-15)24(25,26)27)22-18-8-17(9-19(18)22)30-5-3-23(4-6-30)13-34(32,33)14-23/h7,10-12,17-19,22H,2-6,8-9,13-14H2,1H3/t17?,18-,19+,22?. The smallest absolute Gasteiger partial charge is 0.300 e. The molecule has 0 bridgehead atoms. The van der Waals surface area contributed by atoms with Gasteiger partial charge in [0, 0.05) is 47.6 Å². The van der Waals surface area contributed by atoms with Crippen molar-refractivity contribution in [2.75, 3.05) is 24.6 Å². The minimum Gasteiger partial charge on any atom is -0.300 e. The molecule has 4 atom stereocenters. The van der Waals surface area contributed by atoms with Gasteiger partial charge in [-0.1, -0.05) is 0 Å². The van der Waals surface area contributed by atoms with E-state index in [-0.39, 0.29) is 5.41 Å². The van der Waals surface area contributed by atoms with E-state index in [9.17, 15) is 21.6 Å². The molecule has 1 spiro atoms. The highest BCUT2D eigenvalue weighted by Crippen LogP contribution is 2.64. The van der Waals surface area contributed by atoms with Gasteiger partial charge in [-0.15, -0.1) is 0 Å². The Morgan fingerprint density at radius 2 is 1.76 bits per heavy atom. The van der Waals surface area contributed by atoms with Gasteiger partial charge in [0.15, 0.2) is 9.84 Å². The Morgan fingerprint density at radius 3 is 2.35 bits per heavy atom. The second-order valence-electron chi connectivity index (χ2n) is 10.8. The topological polar surface area (TPSA) is 68.1 Å². The normalized spacial score (nSPS) is 31.9. The Labute approximate surface area is 197 Å². The molecule has 2 saturated heterocycles. The van der Waals surface area contributed by atoms with Crippen molar-refractivity contribution in [3.8, 4) is 11.3 Å². The molecule has 2 aliphatic heterocycles. The van der Waals surface area contributed by atoms with Crippen molar-refractivity contribution < 1.29 is 21.6 Å². The molecule has 6 nitrogen and oxygen atoms in total. The molecule has 6 rings (SSSR count). The van der Waals surface area contributed by atoms with Crippen LogP contribution in [0.5, 0.6) is 0 Å². The van der Waals surface area contributed by atoms with E-state index in [1.807, 2.05) is 17.7 Å². The largest absolute Gasteiger partial charge is 0.417 e. The summed E-state index contributed by atoms with van der Waals surface area (Å²) in [5.74, 6) is 2.36. The predicted octanol–water partition coefficient (Wildman–Crippen LogP) is 3.99. The average Bonchev–Trinajstić information content (AvgIpc) is 3.12. The molecule has 4 heterocycles. The number of pyridine rings is 1. The van der Waals surface area contributed by atoms with E-state index in [1.165, 1.54) is 6.20 Å². The summed E-state index contributed by atoms with van der Waals surface area (Å²) in [4.78, 5) is 6.36. The maximum absolute atomic E-state index is 13.1. The monoisotopic (exact) mass is 494 g/mol. The van der Waals surface area contributed by atoms with Gasteiger partial charge in [-0.2, -0.15) is 18.3 Å².